The van der Waals surface area contributed by atoms with Crippen molar-refractivity contribution in [3.63, 3.8) is 0 Å². The predicted molar refractivity (Wildman–Crippen MR) is 64.3 cm³/mol. The first-order valence-electron chi connectivity index (χ1n) is 5.30. The molecule has 0 aromatic heterocycles. The van der Waals surface area contributed by atoms with E-state index in [4.69, 9.17) is 17.3 Å². The van der Waals surface area contributed by atoms with E-state index >= 15 is 0 Å². The number of phenols is 1. The van der Waals surface area contributed by atoms with E-state index in [0.29, 0.717) is 5.02 Å². The molecule has 0 heterocycles. The van der Waals surface area contributed by atoms with Crippen LogP contribution in [0, 0.1) is 6.92 Å². The van der Waals surface area contributed by atoms with Gasteiger partial charge in [-0.25, -0.2) is 0 Å². The lowest BCUT2D eigenvalue weighted by molar-refractivity contribution is 0.452. The van der Waals surface area contributed by atoms with E-state index in [9.17, 15) is 5.11 Å². The van der Waals surface area contributed by atoms with E-state index in [-0.39, 0.29) is 11.8 Å². The third-order valence-corrected chi connectivity index (χ3v) is 2.78. The van der Waals surface area contributed by atoms with E-state index in [1.54, 1.807) is 12.1 Å². The molecule has 0 amide bonds. The van der Waals surface area contributed by atoms with Gasteiger partial charge in [0.05, 0.1) is 0 Å². The van der Waals surface area contributed by atoms with Crippen molar-refractivity contribution in [2.75, 3.05) is 0 Å². The molecule has 2 nitrogen and oxygen atoms in total. The fourth-order valence-corrected chi connectivity index (χ4v) is 1.90. The Hall–Kier alpha value is -0.730. The number of nitrogens with two attached hydrogens (primary N) is 1. The Labute approximate surface area is 96.1 Å². The van der Waals surface area contributed by atoms with Crippen LogP contribution in [0.2, 0.25) is 5.02 Å². The molecule has 0 fully saturated rings. The Bertz CT molecular complexity index is 339. The predicted octanol–water partition coefficient (Wildman–Crippen LogP) is 3.54. The molecule has 3 N–H and O–H groups in total. The summed E-state index contributed by atoms with van der Waals surface area (Å²) in [6.07, 6.45) is 3.05. The Balaban J connectivity index is 2.92. The Morgan fingerprint density at radius 1 is 1.47 bits per heavy atom. The zero-order valence-electron chi connectivity index (χ0n) is 9.26. The minimum atomic E-state index is -0.123. The summed E-state index contributed by atoms with van der Waals surface area (Å²) in [5.74, 6) is 0.281. The minimum absolute atomic E-state index is 0.123. The summed E-state index contributed by atoms with van der Waals surface area (Å²) in [5.41, 5.74) is 7.54. The number of aryl methyl sites for hydroxylation is 1. The summed E-state index contributed by atoms with van der Waals surface area (Å²) in [4.78, 5) is 0. The molecule has 0 bridgehead atoms. The van der Waals surface area contributed by atoms with Gasteiger partial charge in [0.25, 0.3) is 0 Å². The second-order valence-electron chi connectivity index (χ2n) is 3.91. The van der Waals surface area contributed by atoms with E-state index < -0.39 is 0 Å². The Morgan fingerprint density at radius 2 is 2.13 bits per heavy atom. The van der Waals surface area contributed by atoms with Crippen LogP contribution in [0.4, 0.5) is 0 Å². The molecule has 0 radical (unpaired) electrons. The van der Waals surface area contributed by atoms with E-state index in [2.05, 4.69) is 6.92 Å². The number of hydrogen-bond donors (Lipinski definition) is 2. The zero-order valence-corrected chi connectivity index (χ0v) is 10.0. The van der Waals surface area contributed by atoms with E-state index in [1.165, 1.54) is 0 Å². The minimum Gasteiger partial charge on any atom is -0.507 e. The molecule has 0 saturated heterocycles. The van der Waals surface area contributed by atoms with Crippen LogP contribution in [0.25, 0.3) is 0 Å². The van der Waals surface area contributed by atoms with Crippen LogP contribution >= 0.6 is 11.6 Å². The molecule has 0 aliphatic rings. The summed E-state index contributed by atoms with van der Waals surface area (Å²) in [6.45, 7) is 3.95. The van der Waals surface area contributed by atoms with Crippen LogP contribution in [0.3, 0.4) is 0 Å². The van der Waals surface area contributed by atoms with Crippen molar-refractivity contribution in [2.24, 2.45) is 5.73 Å². The molecule has 0 aliphatic carbocycles. The number of benzene rings is 1. The maximum Gasteiger partial charge on any atom is 0.123 e. The quantitative estimate of drug-likeness (QED) is 0.827. The van der Waals surface area contributed by atoms with Crippen LogP contribution in [0.15, 0.2) is 12.1 Å². The standard InChI is InChI=1S/C12H18ClNO/c1-3-4-5-11(14)10-7-9(13)6-8(2)12(10)15/h6-7,11,15H,3-5,14H2,1-2H3/t11-/m0/s1. The molecule has 0 saturated carbocycles. The zero-order chi connectivity index (χ0) is 11.4. The first-order valence-corrected chi connectivity index (χ1v) is 5.68. The van der Waals surface area contributed by atoms with Gasteiger partial charge >= 0.3 is 0 Å². The lowest BCUT2D eigenvalue weighted by Gasteiger charge is -2.15. The van der Waals surface area contributed by atoms with Gasteiger partial charge in [-0.05, 0) is 31.0 Å². The average Bonchev–Trinajstić information content (AvgIpc) is 2.19. The van der Waals surface area contributed by atoms with E-state index in [0.717, 1.165) is 30.4 Å². The van der Waals surface area contributed by atoms with E-state index in [1.807, 2.05) is 6.92 Å². The van der Waals surface area contributed by atoms with Gasteiger partial charge < -0.3 is 10.8 Å². The van der Waals surface area contributed by atoms with Gasteiger partial charge in [0.1, 0.15) is 5.75 Å². The van der Waals surface area contributed by atoms with Crippen molar-refractivity contribution >= 4 is 11.6 Å². The summed E-state index contributed by atoms with van der Waals surface area (Å²) in [5, 5.41) is 10.5. The molecule has 1 atom stereocenters. The number of rotatable bonds is 4. The molecule has 84 valence electrons. The topological polar surface area (TPSA) is 46.2 Å². The second kappa shape index (κ2) is 5.38. The third kappa shape index (κ3) is 3.11. The molecule has 1 rings (SSSR count). The van der Waals surface area contributed by atoms with Crippen molar-refractivity contribution in [3.05, 3.63) is 28.3 Å². The van der Waals surface area contributed by atoms with Crippen LogP contribution in [-0.4, -0.2) is 5.11 Å². The molecule has 1 aromatic carbocycles. The maximum atomic E-state index is 9.85. The third-order valence-electron chi connectivity index (χ3n) is 2.56. The van der Waals surface area contributed by atoms with Gasteiger partial charge in [0, 0.05) is 16.6 Å². The summed E-state index contributed by atoms with van der Waals surface area (Å²) in [7, 11) is 0. The summed E-state index contributed by atoms with van der Waals surface area (Å²) >= 11 is 5.93. The number of hydrogen-bond acceptors (Lipinski definition) is 2. The van der Waals surface area contributed by atoms with Crippen LogP contribution in [0.1, 0.15) is 43.4 Å². The van der Waals surface area contributed by atoms with Gasteiger partial charge in [-0.3, -0.25) is 0 Å². The molecule has 0 unspecified atom stereocenters. The second-order valence-corrected chi connectivity index (χ2v) is 4.35. The largest absolute Gasteiger partial charge is 0.507 e. The maximum absolute atomic E-state index is 9.85. The molecule has 15 heavy (non-hydrogen) atoms. The van der Waals surface area contributed by atoms with Crippen molar-refractivity contribution in [2.45, 2.75) is 39.2 Å². The van der Waals surface area contributed by atoms with Gasteiger partial charge in [-0.15, -0.1) is 0 Å². The first kappa shape index (κ1) is 12.3. The fourth-order valence-electron chi connectivity index (χ4n) is 1.62. The highest BCUT2D eigenvalue weighted by molar-refractivity contribution is 6.30. The summed E-state index contributed by atoms with van der Waals surface area (Å²) in [6, 6.07) is 3.37. The van der Waals surface area contributed by atoms with Crippen LogP contribution < -0.4 is 5.73 Å². The Kier molecular flexibility index (Phi) is 4.43. The number of phenolic OH excluding ortho intramolecular Hbond substituents is 1. The highest BCUT2D eigenvalue weighted by atomic mass is 35.5. The van der Waals surface area contributed by atoms with Crippen molar-refractivity contribution in [3.8, 4) is 5.75 Å². The van der Waals surface area contributed by atoms with Crippen molar-refractivity contribution in [1.29, 1.82) is 0 Å². The van der Waals surface area contributed by atoms with Crippen molar-refractivity contribution in [1.82, 2.24) is 0 Å². The monoisotopic (exact) mass is 227 g/mol. The van der Waals surface area contributed by atoms with Crippen LogP contribution in [0.5, 0.6) is 5.75 Å². The molecule has 0 spiro atoms. The summed E-state index contributed by atoms with van der Waals surface area (Å²) < 4.78 is 0. The molecule has 0 aliphatic heterocycles. The highest BCUT2D eigenvalue weighted by Gasteiger charge is 2.13. The number of unbranched alkanes of at least 4 members (excludes halogenated alkanes) is 1. The highest BCUT2D eigenvalue weighted by Crippen LogP contribution is 2.31. The molecule has 3 heteroatoms. The number of halogens is 1. The molecular formula is C12H18ClNO. The van der Waals surface area contributed by atoms with Gasteiger partial charge in [-0.1, -0.05) is 31.4 Å². The lowest BCUT2D eigenvalue weighted by Crippen LogP contribution is -2.10. The lowest BCUT2D eigenvalue weighted by atomic mass is 9.99. The smallest absolute Gasteiger partial charge is 0.123 e. The number of aromatic hydroxyl groups is 1. The van der Waals surface area contributed by atoms with Gasteiger partial charge in [0.2, 0.25) is 0 Å². The SMILES string of the molecule is CCCC[C@H](N)c1cc(Cl)cc(C)c1O. The fraction of sp³-hybridized carbons (Fsp3) is 0.500. The Morgan fingerprint density at radius 3 is 2.73 bits per heavy atom. The molecular weight excluding hydrogens is 210 g/mol. The average molecular weight is 228 g/mol. The normalized spacial score (nSPS) is 12.8. The van der Waals surface area contributed by atoms with Gasteiger partial charge in [0.15, 0.2) is 0 Å². The van der Waals surface area contributed by atoms with Gasteiger partial charge in [-0.2, -0.15) is 0 Å². The molecule has 1 aromatic rings. The van der Waals surface area contributed by atoms with Crippen molar-refractivity contribution < 1.29 is 5.11 Å². The van der Waals surface area contributed by atoms with Crippen LogP contribution in [-0.2, 0) is 0 Å². The first-order chi connectivity index (χ1) is 7.06.